The number of ether oxygens (including phenoxy) is 2. The van der Waals surface area contributed by atoms with Gasteiger partial charge in [0.2, 0.25) is 0 Å². The fourth-order valence-electron chi connectivity index (χ4n) is 3.58. The molecule has 0 bridgehead atoms. The van der Waals surface area contributed by atoms with Crippen molar-refractivity contribution in [2.45, 2.75) is 37.8 Å². The first-order valence-corrected chi connectivity index (χ1v) is 10.6. The van der Waals surface area contributed by atoms with Crippen molar-refractivity contribution in [1.82, 2.24) is 14.8 Å². The first kappa shape index (κ1) is 23.6. The third-order valence-corrected chi connectivity index (χ3v) is 6.04. The molecule has 2 aromatic heterocycles. The number of pyridine rings is 1. The van der Waals surface area contributed by atoms with Gasteiger partial charge in [0.1, 0.15) is 11.9 Å². The van der Waals surface area contributed by atoms with Crippen LogP contribution < -0.4 is 10.5 Å². The Bertz CT molecular complexity index is 1170. The number of hydrogen-bond acceptors (Lipinski definition) is 5. The first-order chi connectivity index (χ1) is 15.5. The molecule has 12 heteroatoms. The lowest BCUT2D eigenvalue weighted by Gasteiger charge is -2.19. The monoisotopic (exact) mass is 504 g/mol. The Morgan fingerprint density at radius 3 is 2.70 bits per heavy atom. The van der Waals surface area contributed by atoms with Gasteiger partial charge < -0.3 is 15.2 Å². The summed E-state index contributed by atoms with van der Waals surface area (Å²) in [5.41, 5.74) is 7.37. The Kier molecular flexibility index (Phi) is 6.43. The van der Waals surface area contributed by atoms with Gasteiger partial charge in [-0.05, 0) is 25.1 Å². The van der Waals surface area contributed by atoms with Gasteiger partial charge in [-0.2, -0.15) is 18.3 Å². The Balaban J connectivity index is 1.55. The van der Waals surface area contributed by atoms with E-state index in [0.29, 0.717) is 11.1 Å². The Morgan fingerprint density at radius 2 is 2.00 bits per heavy atom. The number of benzene rings is 1. The van der Waals surface area contributed by atoms with E-state index in [2.05, 4.69) is 10.1 Å². The second-order valence-electron chi connectivity index (χ2n) is 7.59. The maximum absolute atomic E-state index is 13.9. The third-order valence-electron chi connectivity index (χ3n) is 5.32. The van der Waals surface area contributed by atoms with Gasteiger partial charge in [-0.1, -0.05) is 23.2 Å². The number of nitrogen functional groups attached to an aromatic ring is 1. The van der Waals surface area contributed by atoms with Crippen LogP contribution in [0.25, 0.3) is 11.1 Å². The number of hydrogen-bond donors (Lipinski definition) is 1. The SMILES string of the molecule is C[C@@H](Oc1cc(-c2cnn(C3COC(C(F)(F)F)C3)c2)cnc1N)c1c(Cl)ccc(F)c1Cl. The lowest BCUT2D eigenvalue weighted by molar-refractivity contribution is -0.206. The van der Waals surface area contributed by atoms with Crippen LogP contribution in [0.1, 0.15) is 31.1 Å². The summed E-state index contributed by atoms with van der Waals surface area (Å²) in [5.74, 6) is -0.355. The molecule has 2 N–H and O–H groups in total. The first-order valence-electron chi connectivity index (χ1n) is 9.83. The average molecular weight is 505 g/mol. The van der Waals surface area contributed by atoms with Crippen LogP contribution in [-0.4, -0.2) is 33.7 Å². The van der Waals surface area contributed by atoms with Gasteiger partial charge in [0, 0.05) is 40.5 Å². The van der Waals surface area contributed by atoms with Crippen molar-refractivity contribution in [2.75, 3.05) is 12.3 Å². The minimum absolute atomic E-state index is 0.0823. The molecule has 0 amide bonds. The van der Waals surface area contributed by atoms with Gasteiger partial charge in [0.15, 0.2) is 17.7 Å². The molecular weight excluding hydrogens is 487 g/mol. The van der Waals surface area contributed by atoms with Crippen molar-refractivity contribution in [3.8, 4) is 16.9 Å². The van der Waals surface area contributed by atoms with Crippen molar-refractivity contribution in [2.24, 2.45) is 0 Å². The zero-order valence-electron chi connectivity index (χ0n) is 17.1. The van der Waals surface area contributed by atoms with Crippen LogP contribution in [0.4, 0.5) is 23.4 Å². The quantitative estimate of drug-likeness (QED) is 0.340. The van der Waals surface area contributed by atoms with E-state index in [1.165, 1.54) is 23.1 Å². The average Bonchev–Trinajstić information content (AvgIpc) is 3.42. The lowest BCUT2D eigenvalue weighted by Crippen LogP contribution is -2.27. The Morgan fingerprint density at radius 1 is 1.24 bits per heavy atom. The summed E-state index contributed by atoms with van der Waals surface area (Å²) in [6.45, 7) is 1.54. The molecule has 1 fully saturated rings. The largest absolute Gasteiger partial charge is 0.482 e. The molecule has 3 heterocycles. The second kappa shape index (κ2) is 9.00. The van der Waals surface area contributed by atoms with Crippen LogP contribution in [0.15, 0.2) is 36.8 Å². The van der Waals surface area contributed by atoms with Gasteiger partial charge in [-0.25, -0.2) is 9.37 Å². The van der Waals surface area contributed by atoms with Gasteiger partial charge in [0.25, 0.3) is 0 Å². The van der Waals surface area contributed by atoms with Crippen molar-refractivity contribution in [3.63, 3.8) is 0 Å². The Labute approximate surface area is 196 Å². The highest BCUT2D eigenvalue weighted by atomic mass is 35.5. The normalized spacial score (nSPS) is 19.6. The molecule has 0 saturated carbocycles. The summed E-state index contributed by atoms with van der Waals surface area (Å²) in [4.78, 5) is 4.12. The third kappa shape index (κ3) is 4.87. The molecule has 1 aliphatic heterocycles. The predicted molar refractivity (Wildman–Crippen MR) is 115 cm³/mol. The van der Waals surface area contributed by atoms with E-state index in [0.717, 1.165) is 6.07 Å². The molecule has 6 nitrogen and oxygen atoms in total. The molecule has 0 radical (unpaired) electrons. The highest BCUT2D eigenvalue weighted by Crippen LogP contribution is 2.38. The molecular formula is C21H18Cl2F4N4O2. The molecule has 33 heavy (non-hydrogen) atoms. The molecule has 1 saturated heterocycles. The van der Waals surface area contributed by atoms with E-state index in [-0.39, 0.29) is 40.2 Å². The summed E-state index contributed by atoms with van der Waals surface area (Å²) in [6.07, 6.45) is -2.60. The molecule has 1 aliphatic rings. The summed E-state index contributed by atoms with van der Waals surface area (Å²) in [5, 5.41) is 4.25. The zero-order valence-corrected chi connectivity index (χ0v) is 18.6. The topological polar surface area (TPSA) is 75.2 Å². The zero-order chi connectivity index (χ0) is 23.9. The molecule has 0 aliphatic carbocycles. The number of nitrogens with two attached hydrogens (primary N) is 1. The summed E-state index contributed by atoms with van der Waals surface area (Å²) in [7, 11) is 0. The van der Waals surface area contributed by atoms with Crippen molar-refractivity contribution in [3.05, 3.63) is 58.2 Å². The maximum atomic E-state index is 13.9. The van der Waals surface area contributed by atoms with E-state index < -0.39 is 30.2 Å². The summed E-state index contributed by atoms with van der Waals surface area (Å²) >= 11 is 12.2. The Hall–Kier alpha value is -2.56. The lowest BCUT2D eigenvalue weighted by atomic mass is 10.1. The molecule has 3 atom stereocenters. The van der Waals surface area contributed by atoms with E-state index in [1.807, 2.05) is 0 Å². The van der Waals surface area contributed by atoms with Crippen molar-refractivity contribution in [1.29, 1.82) is 0 Å². The van der Waals surface area contributed by atoms with Gasteiger partial charge in [0.05, 0.1) is 23.9 Å². The van der Waals surface area contributed by atoms with Crippen LogP contribution in [0.3, 0.4) is 0 Å². The fourth-order valence-corrected chi connectivity index (χ4v) is 4.26. The van der Waals surface area contributed by atoms with Crippen molar-refractivity contribution >= 4 is 29.0 Å². The van der Waals surface area contributed by atoms with E-state index >= 15 is 0 Å². The summed E-state index contributed by atoms with van der Waals surface area (Å²) in [6, 6.07) is 3.59. The number of halogens is 6. The predicted octanol–water partition coefficient (Wildman–Crippen LogP) is 6.01. The smallest absolute Gasteiger partial charge is 0.414 e. The number of alkyl halides is 3. The van der Waals surface area contributed by atoms with Crippen LogP contribution in [0.5, 0.6) is 5.75 Å². The molecule has 1 aromatic carbocycles. The molecule has 176 valence electrons. The van der Waals surface area contributed by atoms with Gasteiger partial charge in [-0.3, -0.25) is 4.68 Å². The van der Waals surface area contributed by atoms with Crippen LogP contribution in [0.2, 0.25) is 10.0 Å². The van der Waals surface area contributed by atoms with Crippen LogP contribution in [-0.2, 0) is 4.74 Å². The van der Waals surface area contributed by atoms with Crippen LogP contribution >= 0.6 is 23.2 Å². The minimum Gasteiger partial charge on any atom is -0.482 e. The fraction of sp³-hybridized carbons (Fsp3) is 0.333. The standard InChI is InChI=1S/C21H18Cl2F4N4O2/c1-10(18-14(22)2-3-15(24)19(18)23)33-16-4-11(6-29-20(16)28)12-7-30-31(8-12)13-5-17(32-9-13)21(25,26)27/h2-4,6-8,10,13,17H,5,9H2,1H3,(H2,28,29)/t10-,13?,17?/m1/s1. The highest BCUT2D eigenvalue weighted by molar-refractivity contribution is 6.36. The number of anilines is 1. The molecule has 2 unspecified atom stereocenters. The number of rotatable bonds is 5. The minimum atomic E-state index is -4.41. The highest BCUT2D eigenvalue weighted by Gasteiger charge is 2.46. The molecule has 3 aromatic rings. The van der Waals surface area contributed by atoms with Gasteiger partial charge in [-0.15, -0.1) is 0 Å². The number of aromatic nitrogens is 3. The molecule has 4 rings (SSSR count). The van der Waals surface area contributed by atoms with E-state index in [9.17, 15) is 17.6 Å². The molecule has 0 spiro atoms. The van der Waals surface area contributed by atoms with E-state index in [4.69, 9.17) is 38.4 Å². The number of nitrogens with zero attached hydrogens (tertiary/aromatic N) is 3. The van der Waals surface area contributed by atoms with Gasteiger partial charge >= 0.3 is 6.18 Å². The second-order valence-corrected chi connectivity index (χ2v) is 8.37. The van der Waals surface area contributed by atoms with E-state index in [1.54, 1.807) is 19.2 Å². The summed E-state index contributed by atoms with van der Waals surface area (Å²) < 4.78 is 64.7. The van der Waals surface area contributed by atoms with Crippen LogP contribution in [0, 0.1) is 5.82 Å². The van der Waals surface area contributed by atoms with Crippen molar-refractivity contribution < 1.29 is 27.0 Å². The maximum Gasteiger partial charge on any atom is 0.414 e.